The minimum Gasteiger partial charge on any atom is -0.479 e. The van der Waals surface area contributed by atoms with Crippen molar-refractivity contribution < 1.29 is 24.5 Å². The van der Waals surface area contributed by atoms with Gasteiger partial charge in [0.2, 0.25) is 0 Å². The van der Waals surface area contributed by atoms with Crippen LogP contribution in [0.1, 0.15) is 6.42 Å². The van der Waals surface area contributed by atoms with Gasteiger partial charge in [-0.2, -0.15) is 0 Å². The molecule has 0 spiro atoms. The Morgan fingerprint density at radius 1 is 1.43 bits per heavy atom. The second-order valence-corrected chi connectivity index (χ2v) is 2.63. The smallest absolute Gasteiger partial charge is 0.345 e. The number of carbonyl (C=O) groups excluding carboxylic acids is 1. The molecule has 0 fully saturated rings. The van der Waals surface area contributed by atoms with Crippen molar-refractivity contribution >= 4 is 11.9 Å². The van der Waals surface area contributed by atoms with E-state index in [-0.39, 0.29) is 13.0 Å². The molecule has 0 aliphatic rings. The normalized spacial score (nSPS) is 14.5. The zero-order chi connectivity index (χ0) is 11.1. The van der Waals surface area contributed by atoms with Crippen LogP contribution in [0.5, 0.6) is 0 Å². The summed E-state index contributed by atoms with van der Waals surface area (Å²) in [6.07, 6.45) is -1.29. The average Bonchev–Trinajstić information content (AvgIpc) is 2.15. The van der Waals surface area contributed by atoms with Crippen LogP contribution < -0.4 is 11.5 Å². The lowest BCUT2D eigenvalue weighted by atomic mass is 10.2. The van der Waals surface area contributed by atoms with Gasteiger partial charge < -0.3 is 26.4 Å². The van der Waals surface area contributed by atoms with Gasteiger partial charge in [-0.1, -0.05) is 0 Å². The molecule has 0 saturated heterocycles. The molecule has 82 valence electrons. The first-order valence-corrected chi connectivity index (χ1v) is 4.02. The van der Waals surface area contributed by atoms with E-state index in [9.17, 15) is 9.59 Å². The number of carboxylic acids is 1. The quantitative estimate of drug-likeness (QED) is 0.357. The van der Waals surface area contributed by atoms with Gasteiger partial charge in [0.1, 0.15) is 6.04 Å². The Morgan fingerprint density at radius 3 is 2.36 bits per heavy atom. The molecule has 0 amide bonds. The number of aliphatic hydroxyl groups excluding tert-OH is 1. The summed E-state index contributed by atoms with van der Waals surface area (Å²) >= 11 is 0. The standard InChI is InChI=1S/C7H14N2O5/c8-2-1-5(6(11)12)14-7(13)4(9)3-10/h4-5,10H,1-3,8-9H2,(H,11,12). The molecule has 0 aromatic rings. The Kier molecular flexibility index (Phi) is 5.77. The molecule has 0 heterocycles. The minimum absolute atomic E-state index is 0.0131. The van der Waals surface area contributed by atoms with Crippen LogP contribution in [-0.2, 0) is 14.3 Å². The number of hydrogen-bond donors (Lipinski definition) is 4. The summed E-state index contributed by atoms with van der Waals surface area (Å²) in [6, 6.07) is -1.21. The number of carboxylic acid groups (broad SMARTS) is 1. The minimum atomic E-state index is -1.30. The molecule has 7 nitrogen and oxygen atoms in total. The number of esters is 1. The molecule has 2 atom stereocenters. The van der Waals surface area contributed by atoms with E-state index in [2.05, 4.69) is 4.74 Å². The van der Waals surface area contributed by atoms with Crippen molar-refractivity contribution in [2.24, 2.45) is 11.5 Å². The molecule has 2 unspecified atom stereocenters. The van der Waals surface area contributed by atoms with Crippen LogP contribution in [0, 0.1) is 0 Å². The van der Waals surface area contributed by atoms with E-state index in [1.54, 1.807) is 0 Å². The van der Waals surface area contributed by atoms with Crippen molar-refractivity contribution in [1.82, 2.24) is 0 Å². The van der Waals surface area contributed by atoms with Gasteiger partial charge in [0, 0.05) is 6.42 Å². The van der Waals surface area contributed by atoms with Crippen LogP contribution in [0.15, 0.2) is 0 Å². The van der Waals surface area contributed by atoms with Gasteiger partial charge in [-0.15, -0.1) is 0 Å². The molecule has 0 bridgehead atoms. The van der Waals surface area contributed by atoms with E-state index in [0.29, 0.717) is 0 Å². The van der Waals surface area contributed by atoms with Crippen LogP contribution in [0.3, 0.4) is 0 Å². The second-order valence-electron chi connectivity index (χ2n) is 2.63. The first-order chi connectivity index (χ1) is 6.52. The molecule has 6 N–H and O–H groups in total. The maximum Gasteiger partial charge on any atom is 0.345 e. The monoisotopic (exact) mass is 206 g/mol. The zero-order valence-electron chi connectivity index (χ0n) is 7.55. The summed E-state index contributed by atoms with van der Waals surface area (Å²) in [7, 11) is 0. The SMILES string of the molecule is NCCC(OC(=O)C(N)CO)C(=O)O. The van der Waals surface area contributed by atoms with Crippen molar-refractivity contribution in [3.8, 4) is 0 Å². The molecule has 0 aliphatic carbocycles. The number of rotatable bonds is 6. The van der Waals surface area contributed by atoms with Gasteiger partial charge in [-0.3, -0.25) is 4.79 Å². The highest BCUT2D eigenvalue weighted by Crippen LogP contribution is 1.99. The van der Waals surface area contributed by atoms with Gasteiger partial charge in [-0.25, -0.2) is 4.79 Å². The number of carbonyl (C=O) groups is 2. The number of ether oxygens (including phenoxy) is 1. The summed E-state index contributed by atoms with van der Waals surface area (Å²) in [4.78, 5) is 21.5. The molecule has 0 aromatic heterocycles. The maximum absolute atomic E-state index is 11.0. The molecular weight excluding hydrogens is 192 g/mol. The highest BCUT2D eigenvalue weighted by Gasteiger charge is 2.24. The Bertz CT molecular complexity index is 208. The van der Waals surface area contributed by atoms with Gasteiger partial charge in [-0.05, 0) is 6.54 Å². The first kappa shape index (κ1) is 12.8. The van der Waals surface area contributed by atoms with Crippen LogP contribution in [0.4, 0.5) is 0 Å². The summed E-state index contributed by atoms with van der Waals surface area (Å²) < 4.78 is 4.50. The summed E-state index contributed by atoms with van der Waals surface area (Å²) in [5.41, 5.74) is 10.2. The van der Waals surface area contributed by atoms with Gasteiger partial charge in [0.05, 0.1) is 6.61 Å². The van der Waals surface area contributed by atoms with Gasteiger partial charge >= 0.3 is 11.9 Å². The molecular formula is C7H14N2O5. The predicted octanol–water partition coefficient (Wildman–Crippen LogP) is -2.35. The average molecular weight is 206 g/mol. The number of aliphatic hydroxyl groups is 1. The lowest BCUT2D eigenvalue weighted by Gasteiger charge is -2.14. The third-order valence-electron chi connectivity index (χ3n) is 1.46. The van der Waals surface area contributed by atoms with Gasteiger partial charge in [0.15, 0.2) is 6.10 Å². The molecule has 0 aromatic carbocycles. The largest absolute Gasteiger partial charge is 0.479 e. The second kappa shape index (κ2) is 6.30. The van der Waals surface area contributed by atoms with Crippen molar-refractivity contribution in [1.29, 1.82) is 0 Å². The Labute approximate surface area is 80.6 Å². The maximum atomic E-state index is 11.0. The van der Waals surface area contributed by atoms with Crippen LogP contribution in [-0.4, -0.2) is 47.4 Å². The number of nitrogens with two attached hydrogens (primary N) is 2. The van der Waals surface area contributed by atoms with Crippen molar-refractivity contribution in [2.75, 3.05) is 13.2 Å². The number of aliphatic carboxylic acids is 1. The van der Waals surface area contributed by atoms with E-state index in [1.807, 2.05) is 0 Å². The van der Waals surface area contributed by atoms with E-state index in [1.165, 1.54) is 0 Å². The van der Waals surface area contributed by atoms with Crippen molar-refractivity contribution in [3.05, 3.63) is 0 Å². The third-order valence-corrected chi connectivity index (χ3v) is 1.46. The molecule has 0 aliphatic heterocycles. The zero-order valence-corrected chi connectivity index (χ0v) is 7.55. The topological polar surface area (TPSA) is 136 Å². The molecule has 0 saturated carbocycles. The lowest BCUT2D eigenvalue weighted by Crippen LogP contribution is -2.40. The summed E-state index contributed by atoms with van der Waals surface area (Å²) in [5, 5.41) is 17.1. The highest BCUT2D eigenvalue weighted by molar-refractivity contribution is 5.80. The Hall–Kier alpha value is -1.18. The van der Waals surface area contributed by atoms with E-state index in [4.69, 9.17) is 21.7 Å². The van der Waals surface area contributed by atoms with Gasteiger partial charge in [0.25, 0.3) is 0 Å². The van der Waals surface area contributed by atoms with Crippen molar-refractivity contribution in [3.63, 3.8) is 0 Å². The molecule has 14 heavy (non-hydrogen) atoms. The number of hydrogen-bond acceptors (Lipinski definition) is 6. The van der Waals surface area contributed by atoms with Crippen LogP contribution in [0.2, 0.25) is 0 Å². The summed E-state index contributed by atoms with van der Waals surface area (Å²) in [6.45, 7) is -0.508. The van der Waals surface area contributed by atoms with Crippen molar-refractivity contribution in [2.45, 2.75) is 18.6 Å². The molecule has 0 rings (SSSR count). The Morgan fingerprint density at radius 2 is 2.00 bits per heavy atom. The van der Waals surface area contributed by atoms with Crippen LogP contribution >= 0.6 is 0 Å². The van der Waals surface area contributed by atoms with E-state index < -0.39 is 30.7 Å². The fourth-order valence-corrected chi connectivity index (χ4v) is 0.686. The molecule has 0 radical (unpaired) electrons. The predicted molar refractivity (Wildman–Crippen MR) is 46.2 cm³/mol. The fraction of sp³-hybridized carbons (Fsp3) is 0.714. The van der Waals surface area contributed by atoms with E-state index in [0.717, 1.165) is 0 Å². The summed E-state index contributed by atoms with van der Waals surface area (Å²) in [5.74, 6) is -2.23. The third kappa shape index (κ3) is 4.17. The molecule has 7 heteroatoms. The Balaban J connectivity index is 4.15. The first-order valence-electron chi connectivity index (χ1n) is 4.02. The highest BCUT2D eigenvalue weighted by atomic mass is 16.6. The van der Waals surface area contributed by atoms with E-state index >= 15 is 0 Å². The fourth-order valence-electron chi connectivity index (χ4n) is 0.686. The van der Waals surface area contributed by atoms with Crippen LogP contribution in [0.25, 0.3) is 0 Å². The lowest BCUT2D eigenvalue weighted by molar-refractivity contribution is -0.165.